The van der Waals surface area contributed by atoms with E-state index in [4.69, 9.17) is 0 Å². The molecule has 0 saturated heterocycles. The molecule has 19 heavy (non-hydrogen) atoms. The Hall–Kier alpha value is -1.39. The molecule has 0 aliphatic heterocycles. The lowest BCUT2D eigenvalue weighted by Gasteiger charge is -2.13. The van der Waals surface area contributed by atoms with Crippen molar-refractivity contribution in [3.63, 3.8) is 0 Å². The van der Waals surface area contributed by atoms with Gasteiger partial charge in [0.2, 0.25) is 0 Å². The molecule has 1 aromatic carbocycles. The monoisotopic (exact) mass is 273 g/mol. The van der Waals surface area contributed by atoms with Gasteiger partial charge in [0.15, 0.2) is 5.16 Å². The molecular formula is C15H19N3S. The normalized spacial score (nSPS) is 12.3. The fraction of sp³-hybridized carbons (Fsp3) is 0.333. The van der Waals surface area contributed by atoms with E-state index < -0.39 is 0 Å². The van der Waals surface area contributed by atoms with Gasteiger partial charge >= 0.3 is 0 Å². The van der Waals surface area contributed by atoms with Crippen LogP contribution in [0.2, 0.25) is 0 Å². The molecule has 0 saturated carbocycles. The van der Waals surface area contributed by atoms with Gasteiger partial charge in [-0.25, -0.2) is 9.97 Å². The summed E-state index contributed by atoms with van der Waals surface area (Å²) >= 11 is 1.66. The molecule has 1 aromatic heterocycles. The summed E-state index contributed by atoms with van der Waals surface area (Å²) in [5.74, 6) is 1.00. The fourth-order valence-corrected chi connectivity index (χ4v) is 2.28. The van der Waals surface area contributed by atoms with Crippen LogP contribution in [0.4, 0.5) is 0 Å². The summed E-state index contributed by atoms with van der Waals surface area (Å²) in [6.07, 6.45) is 3.80. The van der Waals surface area contributed by atoms with Crippen molar-refractivity contribution in [2.45, 2.75) is 31.6 Å². The number of thioether (sulfide) groups is 1. The van der Waals surface area contributed by atoms with E-state index in [9.17, 15) is 0 Å². The Morgan fingerprint density at radius 3 is 2.47 bits per heavy atom. The summed E-state index contributed by atoms with van der Waals surface area (Å²) in [4.78, 5) is 8.66. The fourth-order valence-electron chi connectivity index (χ4n) is 1.77. The summed E-state index contributed by atoms with van der Waals surface area (Å²) in [6.45, 7) is 5.05. The Balaban J connectivity index is 1.88. The van der Waals surface area contributed by atoms with Crippen molar-refractivity contribution in [1.29, 1.82) is 0 Å². The van der Waals surface area contributed by atoms with Crippen molar-refractivity contribution in [1.82, 2.24) is 15.3 Å². The van der Waals surface area contributed by atoms with Crippen molar-refractivity contribution in [2.75, 3.05) is 5.75 Å². The minimum absolute atomic E-state index is 0.325. The van der Waals surface area contributed by atoms with Crippen LogP contribution < -0.4 is 5.32 Å². The molecule has 0 radical (unpaired) electrons. The van der Waals surface area contributed by atoms with Crippen LogP contribution >= 0.6 is 11.8 Å². The van der Waals surface area contributed by atoms with Crippen molar-refractivity contribution >= 4 is 11.8 Å². The van der Waals surface area contributed by atoms with Gasteiger partial charge in [0.05, 0.1) is 0 Å². The lowest BCUT2D eigenvalue weighted by Crippen LogP contribution is -2.18. The first kappa shape index (κ1) is 14.0. The van der Waals surface area contributed by atoms with Gasteiger partial charge in [0, 0.05) is 30.5 Å². The molecule has 0 bridgehead atoms. The first-order chi connectivity index (χ1) is 9.29. The smallest absolute Gasteiger partial charge is 0.187 e. The lowest BCUT2D eigenvalue weighted by molar-refractivity contribution is 0.571. The van der Waals surface area contributed by atoms with Crippen LogP contribution in [0.25, 0.3) is 0 Å². The van der Waals surface area contributed by atoms with Crippen molar-refractivity contribution in [2.24, 2.45) is 0 Å². The van der Waals surface area contributed by atoms with Crippen LogP contribution in [0.1, 0.15) is 31.0 Å². The molecule has 0 aliphatic rings. The van der Waals surface area contributed by atoms with Gasteiger partial charge in [0.1, 0.15) is 0 Å². The van der Waals surface area contributed by atoms with Gasteiger partial charge in [-0.15, -0.1) is 0 Å². The minimum Gasteiger partial charge on any atom is -0.306 e. The zero-order valence-electron chi connectivity index (χ0n) is 11.3. The number of aromatic nitrogens is 2. The maximum Gasteiger partial charge on any atom is 0.187 e. The summed E-state index contributed by atoms with van der Waals surface area (Å²) in [5.41, 5.74) is 2.41. The molecule has 0 fully saturated rings. The Bertz CT molecular complexity index is 485. The number of benzene rings is 1. The van der Waals surface area contributed by atoms with E-state index in [-0.39, 0.29) is 0 Å². The van der Waals surface area contributed by atoms with Gasteiger partial charge in [-0.2, -0.15) is 0 Å². The number of hydrogen-bond acceptors (Lipinski definition) is 4. The second kappa shape index (κ2) is 7.26. The van der Waals surface area contributed by atoms with Gasteiger partial charge in [0.25, 0.3) is 0 Å². The van der Waals surface area contributed by atoms with E-state index in [1.165, 1.54) is 5.56 Å². The maximum absolute atomic E-state index is 4.33. The molecule has 1 atom stereocenters. The van der Waals surface area contributed by atoms with E-state index in [2.05, 4.69) is 53.4 Å². The van der Waals surface area contributed by atoms with Gasteiger partial charge in [-0.3, -0.25) is 0 Å². The molecule has 0 amide bonds. The zero-order chi connectivity index (χ0) is 13.5. The minimum atomic E-state index is 0.325. The van der Waals surface area contributed by atoms with E-state index in [1.807, 2.05) is 18.5 Å². The van der Waals surface area contributed by atoms with E-state index in [0.29, 0.717) is 6.04 Å². The summed E-state index contributed by atoms with van der Waals surface area (Å²) in [5, 5.41) is 4.33. The molecule has 3 nitrogen and oxygen atoms in total. The summed E-state index contributed by atoms with van der Waals surface area (Å²) in [7, 11) is 0. The lowest BCUT2D eigenvalue weighted by atomic mass is 10.1. The topological polar surface area (TPSA) is 37.8 Å². The Kier molecular flexibility index (Phi) is 5.36. The molecule has 1 N–H and O–H groups in total. The molecule has 1 heterocycles. The Morgan fingerprint density at radius 1 is 1.16 bits per heavy atom. The third-order valence-corrected chi connectivity index (χ3v) is 3.62. The second-order valence-electron chi connectivity index (χ2n) is 4.32. The number of hydrogen-bond donors (Lipinski definition) is 1. The molecule has 100 valence electrons. The highest BCUT2D eigenvalue weighted by molar-refractivity contribution is 7.99. The highest BCUT2D eigenvalue weighted by Crippen LogP contribution is 2.13. The van der Waals surface area contributed by atoms with Crippen molar-refractivity contribution < 1.29 is 0 Å². The number of nitrogens with one attached hydrogen (secondary N) is 1. The largest absolute Gasteiger partial charge is 0.306 e. The second-order valence-corrected chi connectivity index (χ2v) is 5.55. The van der Waals surface area contributed by atoms with Crippen molar-refractivity contribution in [3.8, 4) is 0 Å². The molecule has 2 rings (SSSR count). The summed E-state index contributed by atoms with van der Waals surface area (Å²) in [6, 6.07) is 10.8. The van der Waals surface area contributed by atoms with Gasteiger partial charge in [-0.05, 0) is 18.2 Å². The number of nitrogens with zero attached hydrogens (tertiary/aromatic N) is 2. The molecule has 4 heteroatoms. The van der Waals surface area contributed by atoms with Crippen LogP contribution in [-0.2, 0) is 6.54 Å². The first-order valence-electron chi connectivity index (χ1n) is 6.51. The highest BCUT2D eigenvalue weighted by Gasteiger charge is 2.04. The quantitative estimate of drug-likeness (QED) is 0.646. The van der Waals surface area contributed by atoms with Crippen LogP contribution in [0, 0.1) is 0 Å². The Morgan fingerprint density at radius 2 is 1.84 bits per heavy atom. The zero-order valence-corrected chi connectivity index (χ0v) is 12.2. The van der Waals surface area contributed by atoms with E-state index in [0.717, 1.165) is 23.0 Å². The standard InChI is InChI=1S/C15H19N3S/c1-3-19-15-17-10-13(11-18-15)9-16-12(2)14-7-5-4-6-8-14/h4-8,10-12,16H,3,9H2,1-2H3/t12-/m0/s1. The van der Waals surface area contributed by atoms with E-state index in [1.54, 1.807) is 11.8 Å². The maximum atomic E-state index is 4.33. The average molecular weight is 273 g/mol. The molecule has 0 aliphatic carbocycles. The van der Waals surface area contributed by atoms with Crippen LogP contribution in [0.5, 0.6) is 0 Å². The third kappa shape index (κ3) is 4.33. The third-order valence-electron chi connectivity index (χ3n) is 2.87. The van der Waals surface area contributed by atoms with Crippen LogP contribution in [0.15, 0.2) is 47.9 Å². The highest BCUT2D eigenvalue weighted by atomic mass is 32.2. The van der Waals surface area contributed by atoms with Gasteiger partial charge in [-0.1, -0.05) is 49.0 Å². The SMILES string of the molecule is CCSc1ncc(CN[C@@H](C)c2ccccc2)cn1. The van der Waals surface area contributed by atoms with Crippen LogP contribution in [0.3, 0.4) is 0 Å². The molecular weight excluding hydrogens is 254 g/mol. The molecule has 2 aromatic rings. The number of rotatable bonds is 6. The van der Waals surface area contributed by atoms with Gasteiger partial charge < -0.3 is 5.32 Å². The molecule has 0 spiro atoms. The predicted molar refractivity (Wildman–Crippen MR) is 80.1 cm³/mol. The predicted octanol–water partition coefficient (Wildman–Crippen LogP) is 3.44. The average Bonchev–Trinajstić information content (AvgIpc) is 2.47. The first-order valence-corrected chi connectivity index (χ1v) is 7.50. The van der Waals surface area contributed by atoms with Crippen LogP contribution in [-0.4, -0.2) is 15.7 Å². The Labute approximate surface area is 118 Å². The molecule has 0 unspecified atom stereocenters. The van der Waals surface area contributed by atoms with Crippen molar-refractivity contribution in [3.05, 3.63) is 53.9 Å². The van der Waals surface area contributed by atoms with E-state index >= 15 is 0 Å². The summed E-state index contributed by atoms with van der Waals surface area (Å²) < 4.78 is 0.